The average Bonchev–Trinajstić information content (AvgIpc) is 3.42. The van der Waals surface area contributed by atoms with Crippen LogP contribution in [0.1, 0.15) is 29.5 Å². The van der Waals surface area contributed by atoms with Crippen molar-refractivity contribution >= 4 is 34.4 Å². The molecular weight excluding hydrogens is 429 g/mol. The van der Waals surface area contributed by atoms with Gasteiger partial charge in [0.2, 0.25) is 0 Å². The molecule has 34 heavy (non-hydrogen) atoms. The van der Waals surface area contributed by atoms with Gasteiger partial charge in [-0.2, -0.15) is 0 Å². The lowest BCUT2D eigenvalue weighted by Crippen LogP contribution is -2.32. The molecule has 0 spiro atoms. The van der Waals surface area contributed by atoms with Crippen molar-refractivity contribution in [1.29, 1.82) is 0 Å². The van der Waals surface area contributed by atoms with Gasteiger partial charge in [0.15, 0.2) is 0 Å². The second-order valence-electron chi connectivity index (χ2n) is 8.91. The summed E-state index contributed by atoms with van der Waals surface area (Å²) in [6, 6.07) is 19.1. The summed E-state index contributed by atoms with van der Waals surface area (Å²) in [7, 11) is 0. The standard InChI is InChI=1S/C28H26FN3O2/c1-18-15-19(2)17-24(16-18)32-27(33)25(20-5-7-21(29)8-6-20)26(28(32)34)30-22-9-11-23(12-10-22)31-13-3-4-14-31/h5-12,15-17,30H,3-4,13-14H2,1-2H3. The third kappa shape index (κ3) is 4.07. The lowest BCUT2D eigenvalue weighted by Gasteiger charge is -2.18. The van der Waals surface area contributed by atoms with Gasteiger partial charge in [0.25, 0.3) is 11.8 Å². The van der Waals surface area contributed by atoms with E-state index >= 15 is 0 Å². The zero-order chi connectivity index (χ0) is 23.8. The molecule has 1 fully saturated rings. The summed E-state index contributed by atoms with van der Waals surface area (Å²) < 4.78 is 13.6. The van der Waals surface area contributed by atoms with Crippen molar-refractivity contribution in [1.82, 2.24) is 0 Å². The Bertz CT molecular complexity index is 1270. The Hall–Kier alpha value is -3.93. The van der Waals surface area contributed by atoms with Crippen LogP contribution in [0, 0.1) is 19.7 Å². The highest BCUT2D eigenvalue weighted by molar-refractivity contribution is 6.46. The SMILES string of the molecule is Cc1cc(C)cc(N2C(=O)C(Nc3ccc(N4CCCC4)cc3)=C(c3ccc(F)cc3)C2=O)c1. The molecule has 3 aromatic carbocycles. The number of halogens is 1. The Labute approximate surface area is 198 Å². The number of amides is 2. The summed E-state index contributed by atoms with van der Waals surface area (Å²) in [5, 5.41) is 3.19. The molecule has 0 saturated carbocycles. The topological polar surface area (TPSA) is 52.7 Å². The highest BCUT2D eigenvalue weighted by Crippen LogP contribution is 2.35. The van der Waals surface area contributed by atoms with E-state index < -0.39 is 17.6 Å². The van der Waals surface area contributed by atoms with Crippen molar-refractivity contribution in [2.45, 2.75) is 26.7 Å². The third-order valence-electron chi connectivity index (χ3n) is 6.29. The van der Waals surface area contributed by atoms with Gasteiger partial charge in [-0.1, -0.05) is 18.2 Å². The Kier molecular flexibility index (Phi) is 5.65. The van der Waals surface area contributed by atoms with Crippen LogP contribution in [0.25, 0.3) is 5.57 Å². The fourth-order valence-electron chi connectivity index (χ4n) is 4.72. The van der Waals surface area contributed by atoms with E-state index in [-0.39, 0.29) is 11.3 Å². The molecule has 172 valence electrons. The lowest BCUT2D eigenvalue weighted by molar-refractivity contribution is -0.120. The summed E-state index contributed by atoms with van der Waals surface area (Å²) in [6.45, 7) is 5.95. The second-order valence-corrected chi connectivity index (χ2v) is 8.91. The molecule has 2 amide bonds. The molecule has 2 aliphatic heterocycles. The molecule has 2 aliphatic rings. The van der Waals surface area contributed by atoms with Crippen LogP contribution < -0.4 is 15.1 Å². The monoisotopic (exact) mass is 455 g/mol. The van der Waals surface area contributed by atoms with E-state index in [4.69, 9.17) is 0 Å². The van der Waals surface area contributed by atoms with Crippen molar-refractivity contribution in [2.75, 3.05) is 28.2 Å². The van der Waals surface area contributed by atoms with E-state index in [2.05, 4.69) is 10.2 Å². The van der Waals surface area contributed by atoms with E-state index in [0.717, 1.165) is 29.9 Å². The molecule has 2 heterocycles. The minimum absolute atomic E-state index is 0.185. The number of benzene rings is 3. The number of imide groups is 1. The van der Waals surface area contributed by atoms with Gasteiger partial charge >= 0.3 is 0 Å². The first-order valence-corrected chi connectivity index (χ1v) is 11.5. The zero-order valence-corrected chi connectivity index (χ0v) is 19.3. The number of anilines is 3. The first-order chi connectivity index (χ1) is 16.4. The molecular formula is C28H26FN3O2. The molecule has 5 nitrogen and oxygen atoms in total. The fraction of sp³-hybridized carbons (Fsp3) is 0.214. The number of nitrogens with zero attached hydrogens (tertiary/aromatic N) is 2. The summed E-state index contributed by atoms with van der Waals surface area (Å²) in [5.41, 5.74) is 5.19. The number of carbonyl (C=O) groups is 2. The van der Waals surface area contributed by atoms with Crippen LogP contribution >= 0.6 is 0 Å². The van der Waals surface area contributed by atoms with Crippen LogP contribution in [-0.4, -0.2) is 24.9 Å². The third-order valence-corrected chi connectivity index (χ3v) is 6.29. The minimum atomic E-state index is -0.433. The van der Waals surface area contributed by atoms with E-state index in [1.165, 1.54) is 42.0 Å². The number of rotatable bonds is 5. The van der Waals surface area contributed by atoms with E-state index in [1.54, 1.807) is 0 Å². The molecule has 0 radical (unpaired) electrons. The second kappa shape index (κ2) is 8.78. The normalized spacial score (nSPS) is 16.1. The number of hydrogen-bond donors (Lipinski definition) is 1. The van der Waals surface area contributed by atoms with E-state index in [1.807, 2.05) is 56.3 Å². The minimum Gasteiger partial charge on any atom is -0.372 e. The van der Waals surface area contributed by atoms with Gasteiger partial charge in [-0.15, -0.1) is 0 Å². The van der Waals surface area contributed by atoms with Crippen LogP contribution in [0.5, 0.6) is 0 Å². The average molecular weight is 456 g/mol. The van der Waals surface area contributed by atoms with Crippen LogP contribution in [0.2, 0.25) is 0 Å². The number of carbonyl (C=O) groups excluding carboxylic acids is 2. The smallest absolute Gasteiger partial charge is 0.282 e. The van der Waals surface area contributed by atoms with Gasteiger partial charge in [-0.05, 0) is 91.9 Å². The van der Waals surface area contributed by atoms with Gasteiger partial charge in [-0.3, -0.25) is 9.59 Å². The highest BCUT2D eigenvalue weighted by atomic mass is 19.1. The van der Waals surface area contributed by atoms with Gasteiger partial charge < -0.3 is 10.2 Å². The Morgan fingerprint density at radius 1 is 0.765 bits per heavy atom. The quantitative estimate of drug-likeness (QED) is 0.521. The van der Waals surface area contributed by atoms with Crippen molar-refractivity contribution in [3.8, 4) is 0 Å². The predicted octanol–water partition coefficient (Wildman–Crippen LogP) is 5.44. The number of nitrogens with one attached hydrogen (secondary N) is 1. The summed E-state index contributed by atoms with van der Waals surface area (Å²) in [4.78, 5) is 30.7. The lowest BCUT2D eigenvalue weighted by atomic mass is 10.0. The molecule has 0 aliphatic carbocycles. The van der Waals surface area contributed by atoms with Crippen molar-refractivity contribution in [3.63, 3.8) is 0 Å². The largest absolute Gasteiger partial charge is 0.372 e. The molecule has 1 saturated heterocycles. The highest BCUT2D eigenvalue weighted by Gasteiger charge is 2.40. The first kappa shape index (κ1) is 21.9. The van der Waals surface area contributed by atoms with Crippen molar-refractivity contribution in [3.05, 3.63) is 94.9 Å². The molecule has 1 N–H and O–H groups in total. The maximum Gasteiger partial charge on any atom is 0.282 e. The van der Waals surface area contributed by atoms with Crippen molar-refractivity contribution in [2.24, 2.45) is 0 Å². The maximum absolute atomic E-state index is 13.6. The van der Waals surface area contributed by atoms with Crippen LogP contribution in [0.3, 0.4) is 0 Å². The van der Waals surface area contributed by atoms with Crippen LogP contribution in [0.15, 0.2) is 72.4 Å². The number of hydrogen-bond acceptors (Lipinski definition) is 4. The van der Waals surface area contributed by atoms with Crippen LogP contribution in [0.4, 0.5) is 21.5 Å². The molecule has 0 aromatic heterocycles. The Balaban J connectivity index is 1.53. The van der Waals surface area contributed by atoms with Gasteiger partial charge in [0.05, 0.1) is 11.3 Å². The summed E-state index contributed by atoms with van der Waals surface area (Å²) >= 11 is 0. The molecule has 5 rings (SSSR count). The van der Waals surface area contributed by atoms with E-state index in [9.17, 15) is 14.0 Å². The number of aryl methyl sites for hydroxylation is 2. The Morgan fingerprint density at radius 3 is 2.00 bits per heavy atom. The molecule has 0 bridgehead atoms. The van der Waals surface area contributed by atoms with E-state index in [0.29, 0.717) is 16.9 Å². The van der Waals surface area contributed by atoms with Gasteiger partial charge in [0, 0.05) is 24.5 Å². The zero-order valence-electron chi connectivity index (χ0n) is 19.3. The maximum atomic E-state index is 13.6. The molecule has 0 unspecified atom stereocenters. The molecule has 3 aromatic rings. The summed E-state index contributed by atoms with van der Waals surface area (Å²) in [6.07, 6.45) is 2.39. The summed E-state index contributed by atoms with van der Waals surface area (Å²) in [5.74, 6) is -1.27. The van der Waals surface area contributed by atoms with Gasteiger partial charge in [-0.25, -0.2) is 9.29 Å². The first-order valence-electron chi connectivity index (χ1n) is 11.5. The fourth-order valence-corrected chi connectivity index (χ4v) is 4.72. The molecule has 6 heteroatoms. The predicted molar refractivity (Wildman–Crippen MR) is 133 cm³/mol. The van der Waals surface area contributed by atoms with Crippen LogP contribution in [-0.2, 0) is 9.59 Å². The van der Waals surface area contributed by atoms with Gasteiger partial charge in [0.1, 0.15) is 11.5 Å². The Morgan fingerprint density at radius 2 is 1.38 bits per heavy atom. The molecule has 0 atom stereocenters. The van der Waals surface area contributed by atoms with Crippen molar-refractivity contribution < 1.29 is 14.0 Å².